The van der Waals surface area contributed by atoms with Crippen LogP contribution in [-0.4, -0.2) is 41.4 Å². The minimum Gasteiger partial charge on any atom is -0.342 e. The Balaban J connectivity index is 1.53. The van der Waals surface area contributed by atoms with Crippen LogP contribution in [0.15, 0.2) is 47.2 Å². The van der Waals surface area contributed by atoms with Gasteiger partial charge in [-0.05, 0) is 43.7 Å². The van der Waals surface area contributed by atoms with Gasteiger partial charge in [0.15, 0.2) is 11.6 Å². The standard InChI is InChI=1S/C20H18ClF3N6O2S/c1-12(28-19(31)13-7-14(20(22,23)24)9-15(21)8-13)18-26-11-27-30(18)17-4-3-16(10-25-17)29-33(32)5-2-6-33/h3-4,7-12H,2,5-6H2,1H3,(H,28,31)/t12-/m0/s1. The molecule has 4 rings (SSSR count). The molecule has 1 aromatic carbocycles. The molecule has 33 heavy (non-hydrogen) atoms. The van der Waals surface area contributed by atoms with Gasteiger partial charge in [-0.1, -0.05) is 11.6 Å². The third kappa shape index (κ3) is 5.17. The molecule has 174 valence electrons. The van der Waals surface area contributed by atoms with E-state index in [0.29, 0.717) is 28.8 Å². The van der Waals surface area contributed by atoms with Crippen LogP contribution in [0.25, 0.3) is 5.82 Å². The Bertz CT molecular complexity index is 1310. The van der Waals surface area contributed by atoms with E-state index >= 15 is 0 Å². The van der Waals surface area contributed by atoms with E-state index in [9.17, 15) is 22.2 Å². The summed E-state index contributed by atoms with van der Waals surface area (Å²) in [5.41, 5.74) is -0.760. The Hall–Kier alpha value is -2.99. The van der Waals surface area contributed by atoms with Crippen molar-refractivity contribution in [2.45, 2.75) is 25.6 Å². The van der Waals surface area contributed by atoms with Gasteiger partial charge >= 0.3 is 6.18 Å². The third-order valence-corrected chi connectivity index (χ3v) is 7.56. The van der Waals surface area contributed by atoms with Crippen LogP contribution in [0.1, 0.15) is 41.1 Å². The van der Waals surface area contributed by atoms with E-state index in [1.54, 1.807) is 19.1 Å². The molecule has 3 aromatic rings. The van der Waals surface area contributed by atoms with Crippen molar-refractivity contribution in [3.8, 4) is 5.82 Å². The monoisotopic (exact) mass is 498 g/mol. The number of rotatable bonds is 5. The molecule has 0 saturated carbocycles. The average Bonchev–Trinajstić information content (AvgIpc) is 3.22. The van der Waals surface area contributed by atoms with Crippen LogP contribution in [0.2, 0.25) is 5.02 Å². The third-order valence-electron chi connectivity index (χ3n) is 4.94. The van der Waals surface area contributed by atoms with Crippen LogP contribution in [0.5, 0.6) is 0 Å². The number of aromatic nitrogens is 4. The first-order chi connectivity index (χ1) is 15.5. The fourth-order valence-corrected chi connectivity index (χ4v) is 4.88. The molecule has 1 aliphatic heterocycles. The van der Waals surface area contributed by atoms with Crippen molar-refractivity contribution >= 4 is 32.9 Å². The normalized spacial score (nSPS) is 16.0. The van der Waals surface area contributed by atoms with Crippen LogP contribution >= 0.6 is 11.6 Å². The smallest absolute Gasteiger partial charge is 0.342 e. The predicted molar refractivity (Wildman–Crippen MR) is 116 cm³/mol. The van der Waals surface area contributed by atoms with Crippen molar-refractivity contribution in [2.24, 2.45) is 4.36 Å². The maximum Gasteiger partial charge on any atom is 0.416 e. The molecule has 1 aliphatic rings. The number of nitrogens with one attached hydrogen (secondary N) is 1. The number of benzene rings is 1. The zero-order valence-corrected chi connectivity index (χ0v) is 18.8. The fraction of sp³-hybridized carbons (Fsp3) is 0.300. The molecule has 0 bridgehead atoms. The topological polar surface area (TPSA) is 102 Å². The maximum absolute atomic E-state index is 13.0. The highest BCUT2D eigenvalue weighted by Crippen LogP contribution is 2.32. The van der Waals surface area contributed by atoms with Crippen molar-refractivity contribution < 1.29 is 22.2 Å². The molecule has 1 N–H and O–H groups in total. The summed E-state index contributed by atoms with van der Waals surface area (Å²) in [4.78, 5) is 21.0. The Kier molecular flexibility index (Phi) is 6.14. The zero-order chi connectivity index (χ0) is 23.8. The van der Waals surface area contributed by atoms with Crippen LogP contribution in [0.3, 0.4) is 0 Å². The molecule has 0 unspecified atom stereocenters. The second-order valence-corrected chi connectivity index (χ2v) is 10.4. The molecule has 0 radical (unpaired) electrons. The lowest BCUT2D eigenvalue weighted by atomic mass is 10.1. The van der Waals surface area contributed by atoms with Crippen LogP contribution in [0.4, 0.5) is 18.9 Å². The van der Waals surface area contributed by atoms with Gasteiger partial charge in [-0.3, -0.25) is 4.79 Å². The molecule has 0 spiro atoms. The van der Waals surface area contributed by atoms with Crippen LogP contribution < -0.4 is 5.32 Å². The molecule has 1 saturated heterocycles. The van der Waals surface area contributed by atoms with E-state index in [-0.39, 0.29) is 10.6 Å². The number of halogens is 4. The number of hydrogen-bond acceptors (Lipinski definition) is 6. The van der Waals surface area contributed by atoms with Crippen LogP contribution in [-0.2, 0) is 15.9 Å². The zero-order valence-electron chi connectivity index (χ0n) is 17.2. The molecule has 0 aliphatic carbocycles. The van der Waals surface area contributed by atoms with Gasteiger partial charge in [-0.25, -0.2) is 14.2 Å². The molecule has 1 amide bonds. The molecular formula is C20H18ClF3N6O2S. The van der Waals surface area contributed by atoms with E-state index in [1.165, 1.54) is 17.2 Å². The summed E-state index contributed by atoms with van der Waals surface area (Å²) < 4.78 is 57.0. The van der Waals surface area contributed by atoms with Gasteiger partial charge in [-0.15, -0.1) is 0 Å². The summed E-state index contributed by atoms with van der Waals surface area (Å²) in [6.45, 7) is 1.61. The summed E-state index contributed by atoms with van der Waals surface area (Å²) in [6, 6.07) is 5.20. The molecule has 2 aromatic heterocycles. The van der Waals surface area contributed by atoms with Gasteiger partial charge in [-0.2, -0.15) is 27.3 Å². The SMILES string of the molecule is C[C@H](NC(=O)c1cc(Cl)cc(C(F)(F)F)c1)c1ncnn1-c1ccc(N=S2(=O)CCC2)cn1. The summed E-state index contributed by atoms with van der Waals surface area (Å²) in [5.74, 6) is 1.10. The molecule has 1 atom stereocenters. The first-order valence-electron chi connectivity index (χ1n) is 9.82. The highest BCUT2D eigenvalue weighted by molar-refractivity contribution is 7.95. The fourth-order valence-electron chi connectivity index (χ4n) is 3.18. The molecule has 3 heterocycles. The minimum atomic E-state index is -4.64. The minimum absolute atomic E-state index is 0.205. The Morgan fingerprint density at radius 2 is 2.00 bits per heavy atom. The second-order valence-electron chi connectivity index (χ2n) is 7.45. The van der Waals surface area contributed by atoms with Gasteiger partial charge in [0.2, 0.25) is 0 Å². The van der Waals surface area contributed by atoms with Crippen molar-refractivity contribution in [3.63, 3.8) is 0 Å². The quantitative estimate of drug-likeness (QED) is 0.564. The number of carbonyl (C=O) groups excluding carboxylic acids is 1. The Morgan fingerprint density at radius 1 is 1.24 bits per heavy atom. The molecule has 13 heteroatoms. The largest absolute Gasteiger partial charge is 0.416 e. The van der Waals surface area contributed by atoms with Crippen molar-refractivity contribution in [3.05, 3.63) is 64.8 Å². The van der Waals surface area contributed by atoms with Crippen molar-refractivity contribution in [1.82, 2.24) is 25.1 Å². The highest BCUT2D eigenvalue weighted by atomic mass is 35.5. The number of alkyl halides is 3. The molecule has 8 nitrogen and oxygen atoms in total. The summed E-state index contributed by atoms with van der Waals surface area (Å²) >= 11 is 5.77. The first-order valence-corrected chi connectivity index (χ1v) is 12.0. The average molecular weight is 499 g/mol. The van der Waals surface area contributed by atoms with Crippen molar-refractivity contribution in [2.75, 3.05) is 11.5 Å². The van der Waals surface area contributed by atoms with Gasteiger partial charge in [0.25, 0.3) is 5.91 Å². The summed E-state index contributed by atoms with van der Waals surface area (Å²) in [5, 5.41) is 6.51. The highest BCUT2D eigenvalue weighted by Gasteiger charge is 2.32. The lowest BCUT2D eigenvalue weighted by molar-refractivity contribution is -0.137. The van der Waals surface area contributed by atoms with E-state index < -0.39 is 33.4 Å². The van der Waals surface area contributed by atoms with Gasteiger partial charge in [0, 0.05) is 22.1 Å². The second kappa shape index (κ2) is 8.75. The van der Waals surface area contributed by atoms with Gasteiger partial charge < -0.3 is 5.32 Å². The molecule has 1 fully saturated rings. The van der Waals surface area contributed by atoms with E-state index in [2.05, 4.69) is 24.7 Å². The van der Waals surface area contributed by atoms with E-state index in [4.69, 9.17) is 11.6 Å². The first kappa shape index (κ1) is 23.2. The van der Waals surface area contributed by atoms with E-state index in [0.717, 1.165) is 24.6 Å². The van der Waals surface area contributed by atoms with Crippen LogP contribution in [0, 0.1) is 0 Å². The lowest BCUT2D eigenvalue weighted by Gasteiger charge is -2.17. The van der Waals surface area contributed by atoms with Crippen molar-refractivity contribution in [1.29, 1.82) is 0 Å². The van der Waals surface area contributed by atoms with Gasteiger partial charge in [0.05, 0.1) is 33.2 Å². The number of nitrogens with zero attached hydrogens (tertiary/aromatic N) is 5. The number of amides is 1. The van der Waals surface area contributed by atoms with E-state index in [1.807, 2.05) is 0 Å². The number of pyridine rings is 1. The number of hydrogen-bond donors (Lipinski definition) is 1. The van der Waals surface area contributed by atoms with Gasteiger partial charge in [0.1, 0.15) is 6.33 Å². The Morgan fingerprint density at radius 3 is 2.61 bits per heavy atom. The molecular weight excluding hydrogens is 481 g/mol. The maximum atomic E-state index is 13.0. The summed E-state index contributed by atoms with van der Waals surface area (Å²) in [7, 11) is -2.16. The number of carbonyl (C=O) groups is 1. The lowest BCUT2D eigenvalue weighted by Crippen LogP contribution is -2.29. The Labute approximate surface area is 192 Å². The summed E-state index contributed by atoms with van der Waals surface area (Å²) in [6.07, 6.45) is -1.00. The predicted octanol–water partition coefficient (Wildman–Crippen LogP) is 4.33.